The molecule has 0 saturated heterocycles. The average Bonchev–Trinajstić information content (AvgIpc) is 2.39. The number of aryl methyl sites for hydroxylation is 1. The van der Waals surface area contributed by atoms with Crippen molar-refractivity contribution in [2.24, 2.45) is 0 Å². The van der Waals surface area contributed by atoms with Crippen LogP contribution in [0, 0.1) is 0 Å². The van der Waals surface area contributed by atoms with Crippen molar-refractivity contribution in [3.05, 3.63) is 23.8 Å². The van der Waals surface area contributed by atoms with Crippen LogP contribution < -0.4 is 9.47 Å². The second kappa shape index (κ2) is 7.11. The Morgan fingerprint density at radius 2 is 1.86 bits per heavy atom. The van der Waals surface area contributed by atoms with E-state index < -0.39 is 11.6 Å². The molecule has 0 aliphatic carbocycles. The first kappa shape index (κ1) is 17.0. The third-order valence-electron chi connectivity index (χ3n) is 2.81. The summed E-state index contributed by atoms with van der Waals surface area (Å²) in [4.78, 5) is 22.8. The molecule has 116 valence electrons. The number of benzene rings is 1. The Labute approximate surface area is 125 Å². The maximum atomic E-state index is 11.9. The summed E-state index contributed by atoms with van der Waals surface area (Å²) < 4.78 is 15.8. The third kappa shape index (κ3) is 4.77. The Kier molecular flexibility index (Phi) is 5.76. The highest BCUT2D eigenvalue weighted by Crippen LogP contribution is 2.28. The first-order valence-electron chi connectivity index (χ1n) is 6.97. The van der Waals surface area contributed by atoms with E-state index in [2.05, 4.69) is 0 Å². The van der Waals surface area contributed by atoms with Gasteiger partial charge in [0, 0.05) is 6.92 Å². The number of ether oxygens (including phenoxy) is 3. The van der Waals surface area contributed by atoms with Gasteiger partial charge in [-0.05, 0) is 51.0 Å². The Morgan fingerprint density at radius 1 is 1.19 bits per heavy atom. The average molecular weight is 294 g/mol. The molecule has 1 aromatic carbocycles. The third-order valence-corrected chi connectivity index (χ3v) is 2.81. The molecule has 0 aliphatic rings. The molecule has 1 rings (SSSR count). The van der Waals surface area contributed by atoms with Crippen LogP contribution in [-0.2, 0) is 20.7 Å². The van der Waals surface area contributed by atoms with E-state index in [1.54, 1.807) is 39.0 Å². The van der Waals surface area contributed by atoms with Gasteiger partial charge in [-0.2, -0.15) is 0 Å². The maximum absolute atomic E-state index is 11.9. The van der Waals surface area contributed by atoms with E-state index >= 15 is 0 Å². The first-order valence-corrected chi connectivity index (χ1v) is 6.97. The fraction of sp³-hybridized carbons (Fsp3) is 0.500. The number of esters is 2. The summed E-state index contributed by atoms with van der Waals surface area (Å²) in [5.41, 5.74) is -0.228. The van der Waals surface area contributed by atoms with Crippen molar-refractivity contribution in [1.82, 2.24) is 0 Å². The highest BCUT2D eigenvalue weighted by molar-refractivity contribution is 5.79. The SMILES string of the molecule is CCOC(=O)C(C)(C)Oc1ccc(OC(C)=O)cc1CC. The topological polar surface area (TPSA) is 61.8 Å². The fourth-order valence-electron chi connectivity index (χ4n) is 1.78. The van der Waals surface area contributed by atoms with Gasteiger partial charge in [-0.3, -0.25) is 4.79 Å². The van der Waals surface area contributed by atoms with Crippen LogP contribution in [0.15, 0.2) is 18.2 Å². The monoisotopic (exact) mass is 294 g/mol. The Hall–Kier alpha value is -2.04. The van der Waals surface area contributed by atoms with Crippen LogP contribution in [0.25, 0.3) is 0 Å². The lowest BCUT2D eigenvalue weighted by Gasteiger charge is -2.25. The summed E-state index contributed by atoms with van der Waals surface area (Å²) in [6.45, 7) is 8.67. The van der Waals surface area contributed by atoms with Crippen molar-refractivity contribution in [3.63, 3.8) is 0 Å². The van der Waals surface area contributed by atoms with E-state index in [1.807, 2.05) is 6.92 Å². The highest BCUT2D eigenvalue weighted by Gasteiger charge is 2.32. The van der Waals surface area contributed by atoms with E-state index in [-0.39, 0.29) is 5.97 Å². The molecule has 5 nitrogen and oxygen atoms in total. The van der Waals surface area contributed by atoms with Crippen molar-refractivity contribution in [2.75, 3.05) is 6.61 Å². The van der Waals surface area contributed by atoms with Gasteiger partial charge in [0.05, 0.1) is 6.61 Å². The Balaban J connectivity index is 2.97. The first-order chi connectivity index (χ1) is 9.80. The molecule has 1 aromatic rings. The van der Waals surface area contributed by atoms with Crippen molar-refractivity contribution >= 4 is 11.9 Å². The molecule has 0 N–H and O–H groups in total. The Bertz CT molecular complexity index is 519. The van der Waals surface area contributed by atoms with E-state index in [9.17, 15) is 9.59 Å². The lowest BCUT2D eigenvalue weighted by atomic mass is 10.1. The fourth-order valence-corrected chi connectivity index (χ4v) is 1.78. The summed E-state index contributed by atoms with van der Waals surface area (Å²) >= 11 is 0. The normalized spacial score (nSPS) is 10.9. The minimum absolute atomic E-state index is 0.303. The second-order valence-corrected chi connectivity index (χ2v) is 5.05. The standard InChI is InChI=1S/C16H22O5/c1-6-12-10-13(20-11(3)17)8-9-14(12)21-16(4,5)15(18)19-7-2/h8-10H,6-7H2,1-5H3. The maximum Gasteiger partial charge on any atom is 0.349 e. The van der Waals surface area contributed by atoms with Crippen molar-refractivity contribution in [2.45, 2.75) is 46.6 Å². The van der Waals surface area contributed by atoms with Gasteiger partial charge in [0.25, 0.3) is 0 Å². The predicted octanol–water partition coefficient (Wildman–Crippen LogP) is 2.89. The zero-order valence-electron chi connectivity index (χ0n) is 13.2. The molecule has 5 heteroatoms. The van der Waals surface area contributed by atoms with E-state index in [0.29, 0.717) is 24.5 Å². The van der Waals surface area contributed by atoms with Gasteiger partial charge < -0.3 is 14.2 Å². The molecule has 0 unspecified atom stereocenters. The summed E-state index contributed by atoms with van der Waals surface area (Å²) in [6.07, 6.45) is 0.684. The Morgan fingerprint density at radius 3 is 2.38 bits per heavy atom. The number of carbonyl (C=O) groups is 2. The summed E-state index contributed by atoms with van der Waals surface area (Å²) in [5, 5.41) is 0. The van der Waals surface area contributed by atoms with Crippen LogP contribution in [0.1, 0.15) is 40.2 Å². The molecule has 0 radical (unpaired) electrons. The summed E-state index contributed by atoms with van der Waals surface area (Å²) in [5.74, 6) is 0.237. The minimum atomic E-state index is -1.08. The molecule has 0 heterocycles. The molecule has 0 amide bonds. The quantitative estimate of drug-likeness (QED) is 0.596. The predicted molar refractivity (Wildman–Crippen MR) is 78.5 cm³/mol. The van der Waals surface area contributed by atoms with Crippen LogP contribution >= 0.6 is 0 Å². The molecule has 0 aromatic heterocycles. The molecule has 0 atom stereocenters. The number of hydrogen-bond acceptors (Lipinski definition) is 5. The number of carbonyl (C=O) groups excluding carboxylic acids is 2. The van der Waals surface area contributed by atoms with E-state index in [4.69, 9.17) is 14.2 Å². The largest absolute Gasteiger partial charge is 0.476 e. The van der Waals surface area contributed by atoms with Gasteiger partial charge in [-0.15, -0.1) is 0 Å². The number of hydrogen-bond donors (Lipinski definition) is 0. The van der Waals surface area contributed by atoms with E-state index in [1.165, 1.54) is 6.92 Å². The lowest BCUT2D eigenvalue weighted by Crippen LogP contribution is -2.40. The van der Waals surface area contributed by atoms with Crippen LogP contribution in [0.3, 0.4) is 0 Å². The van der Waals surface area contributed by atoms with Gasteiger partial charge in [-0.25, -0.2) is 4.79 Å². The van der Waals surface area contributed by atoms with Crippen LogP contribution in [-0.4, -0.2) is 24.1 Å². The van der Waals surface area contributed by atoms with Gasteiger partial charge in [0.15, 0.2) is 5.60 Å². The van der Waals surface area contributed by atoms with E-state index in [0.717, 1.165) is 5.56 Å². The van der Waals surface area contributed by atoms with Crippen molar-refractivity contribution < 1.29 is 23.8 Å². The molecule has 0 aliphatic heterocycles. The summed E-state index contributed by atoms with van der Waals surface area (Å²) in [7, 11) is 0. The zero-order valence-corrected chi connectivity index (χ0v) is 13.2. The van der Waals surface area contributed by atoms with Gasteiger partial charge in [0.1, 0.15) is 11.5 Å². The van der Waals surface area contributed by atoms with Gasteiger partial charge in [-0.1, -0.05) is 6.92 Å². The number of rotatable bonds is 6. The molecule has 0 fully saturated rings. The molecule has 0 saturated carbocycles. The zero-order chi connectivity index (χ0) is 16.0. The van der Waals surface area contributed by atoms with Gasteiger partial charge >= 0.3 is 11.9 Å². The highest BCUT2D eigenvalue weighted by atomic mass is 16.6. The molecule has 0 spiro atoms. The molecule has 0 bridgehead atoms. The molecule has 21 heavy (non-hydrogen) atoms. The minimum Gasteiger partial charge on any atom is -0.476 e. The molecular formula is C16H22O5. The van der Waals surface area contributed by atoms with Crippen molar-refractivity contribution in [1.29, 1.82) is 0 Å². The van der Waals surface area contributed by atoms with Crippen LogP contribution in [0.4, 0.5) is 0 Å². The smallest absolute Gasteiger partial charge is 0.349 e. The van der Waals surface area contributed by atoms with Gasteiger partial charge in [0.2, 0.25) is 0 Å². The molecular weight excluding hydrogens is 272 g/mol. The second-order valence-electron chi connectivity index (χ2n) is 5.05. The van der Waals surface area contributed by atoms with Crippen molar-refractivity contribution in [3.8, 4) is 11.5 Å². The lowest BCUT2D eigenvalue weighted by molar-refractivity contribution is -0.158. The van der Waals surface area contributed by atoms with Crippen LogP contribution in [0.2, 0.25) is 0 Å². The van der Waals surface area contributed by atoms with Crippen LogP contribution in [0.5, 0.6) is 11.5 Å². The summed E-state index contributed by atoms with van der Waals surface area (Å²) in [6, 6.07) is 5.06.